The number of β-amino-alcohol motifs (C(OH)–C–C–N with tert-alkyl or cyclic N) is 1. The van der Waals surface area contributed by atoms with E-state index >= 15 is 0 Å². The lowest BCUT2D eigenvalue weighted by atomic mass is 9.85. The number of aliphatic hydroxyl groups is 1. The fourth-order valence-corrected chi connectivity index (χ4v) is 3.66. The summed E-state index contributed by atoms with van der Waals surface area (Å²) in [4.78, 5) is 23.2. The molecule has 4 heterocycles. The Labute approximate surface area is 168 Å². The van der Waals surface area contributed by atoms with Crippen molar-refractivity contribution in [1.82, 2.24) is 24.9 Å². The first-order valence-corrected chi connectivity index (χ1v) is 9.63. The van der Waals surface area contributed by atoms with Gasteiger partial charge in [0.05, 0.1) is 11.5 Å². The second kappa shape index (κ2) is 7.32. The normalized spacial score (nSPS) is 23.9. The smallest absolute Gasteiger partial charge is 0.243 e. The maximum absolute atomic E-state index is 12.2. The molecule has 3 N–H and O–H groups in total. The number of aliphatic hydroxyl groups excluding tert-OH is 1. The molecule has 0 bridgehead atoms. The molecular weight excluding hydrogens is 370 g/mol. The van der Waals surface area contributed by atoms with E-state index in [9.17, 15) is 9.90 Å². The summed E-state index contributed by atoms with van der Waals surface area (Å²) in [5.74, 6) is 1.14. The average Bonchev–Trinajstić information content (AvgIpc) is 3.35. The van der Waals surface area contributed by atoms with Gasteiger partial charge in [0.25, 0.3) is 0 Å². The first-order valence-electron chi connectivity index (χ1n) is 9.63. The van der Waals surface area contributed by atoms with Gasteiger partial charge in [-0.25, -0.2) is 9.50 Å². The van der Waals surface area contributed by atoms with E-state index in [-0.39, 0.29) is 12.0 Å². The molecule has 9 nitrogen and oxygen atoms in total. The Bertz CT molecular complexity index is 1020. The molecule has 0 aromatic carbocycles. The molecule has 4 rings (SSSR count). The molecule has 2 aromatic heterocycles. The molecule has 1 atom stereocenters. The summed E-state index contributed by atoms with van der Waals surface area (Å²) in [5, 5.41) is 20.3. The highest BCUT2D eigenvalue weighted by Crippen LogP contribution is 2.37. The summed E-state index contributed by atoms with van der Waals surface area (Å²) in [6.07, 6.45) is 9.25. The van der Waals surface area contributed by atoms with Crippen LogP contribution in [-0.2, 0) is 4.79 Å². The largest absolute Gasteiger partial charge is 0.391 e. The van der Waals surface area contributed by atoms with Crippen LogP contribution < -0.4 is 15.5 Å². The topological polar surface area (TPSA) is 108 Å². The number of fused-ring (bicyclic) bond motifs is 1. The van der Waals surface area contributed by atoms with Crippen LogP contribution in [0.3, 0.4) is 0 Å². The highest BCUT2D eigenvalue weighted by Gasteiger charge is 2.40. The van der Waals surface area contributed by atoms with E-state index in [1.807, 2.05) is 30.9 Å². The summed E-state index contributed by atoms with van der Waals surface area (Å²) in [6.45, 7) is 9.25. The minimum Gasteiger partial charge on any atom is -0.391 e. The molecule has 0 spiro atoms. The Balaban J connectivity index is 1.52. The third-order valence-electron chi connectivity index (χ3n) is 5.33. The first kappa shape index (κ1) is 19.1. The van der Waals surface area contributed by atoms with E-state index in [1.165, 1.54) is 0 Å². The molecule has 2 saturated heterocycles. The zero-order chi connectivity index (χ0) is 20.6. The molecule has 152 valence electrons. The fraction of sp³-hybridized carbons (Fsp3) is 0.400. The third kappa shape index (κ3) is 3.49. The van der Waals surface area contributed by atoms with Crippen LogP contribution in [0.15, 0.2) is 48.5 Å². The minimum atomic E-state index is -0.595. The van der Waals surface area contributed by atoms with Gasteiger partial charge in [-0.05, 0) is 31.9 Å². The van der Waals surface area contributed by atoms with Crippen LogP contribution in [0.5, 0.6) is 0 Å². The molecular formula is C20H25N7O2. The van der Waals surface area contributed by atoms with E-state index in [0.29, 0.717) is 30.5 Å². The van der Waals surface area contributed by atoms with Crippen molar-refractivity contribution in [3.8, 4) is 0 Å². The number of anilines is 2. The van der Waals surface area contributed by atoms with Crippen LogP contribution in [0.4, 0.5) is 11.8 Å². The molecule has 2 aliphatic rings. The van der Waals surface area contributed by atoms with Crippen molar-refractivity contribution in [2.75, 3.05) is 29.9 Å². The maximum Gasteiger partial charge on any atom is 0.243 e. The van der Waals surface area contributed by atoms with Crippen molar-refractivity contribution >= 4 is 23.3 Å². The van der Waals surface area contributed by atoms with Crippen molar-refractivity contribution in [3.05, 3.63) is 48.5 Å². The Morgan fingerprint density at radius 2 is 2.31 bits per heavy atom. The van der Waals surface area contributed by atoms with Gasteiger partial charge in [0.1, 0.15) is 0 Å². The van der Waals surface area contributed by atoms with Crippen LogP contribution in [0.25, 0.3) is 5.65 Å². The van der Waals surface area contributed by atoms with Gasteiger partial charge in [0.2, 0.25) is 11.9 Å². The second-order valence-corrected chi connectivity index (χ2v) is 7.74. The Morgan fingerprint density at radius 3 is 3.03 bits per heavy atom. The summed E-state index contributed by atoms with van der Waals surface area (Å²) < 4.78 is 1.67. The predicted octanol–water partition coefficient (Wildman–Crippen LogP) is 1.26. The number of hydrogen-bond acceptors (Lipinski definition) is 7. The van der Waals surface area contributed by atoms with Crippen LogP contribution in [0, 0.1) is 5.41 Å². The molecule has 9 heteroatoms. The zero-order valence-corrected chi connectivity index (χ0v) is 16.6. The number of rotatable bonds is 5. The standard InChI is InChI=1S/C20H25N7O2/c1-4-5-14-15(23-18(29)20(14,2)3)6-8-22-19-24-17-16(21-9-11-27(17)25-19)26-10-7-13(28)12-26/h4-6,9,11,13,28H,1,7-8,10,12H2,2-3H3,(H,22,25)(H,23,29)/b14-5?,15-6+/t13-/m1/s1. The number of carbonyl (C=O) groups excluding carboxylic acids is 1. The van der Waals surface area contributed by atoms with Gasteiger partial charge in [0.15, 0.2) is 11.5 Å². The van der Waals surface area contributed by atoms with Crippen molar-refractivity contribution in [2.45, 2.75) is 26.4 Å². The van der Waals surface area contributed by atoms with Crippen LogP contribution >= 0.6 is 0 Å². The molecule has 0 unspecified atom stereocenters. The molecule has 29 heavy (non-hydrogen) atoms. The summed E-state index contributed by atoms with van der Waals surface area (Å²) in [5.41, 5.74) is 1.72. The SMILES string of the molecule is C=CC=C1/C(=C\CNc2nc3c(N4CC[C@@H](O)C4)nccn3n2)NC(=O)C1(C)C. The second-order valence-electron chi connectivity index (χ2n) is 7.74. The third-order valence-corrected chi connectivity index (χ3v) is 5.33. The van der Waals surface area contributed by atoms with Crippen molar-refractivity contribution in [3.63, 3.8) is 0 Å². The number of amides is 1. The highest BCUT2D eigenvalue weighted by atomic mass is 16.3. The quantitative estimate of drug-likeness (QED) is 0.699. The number of nitrogens with one attached hydrogen (secondary N) is 2. The van der Waals surface area contributed by atoms with E-state index in [0.717, 1.165) is 24.2 Å². The van der Waals surface area contributed by atoms with E-state index in [4.69, 9.17) is 0 Å². The molecule has 0 radical (unpaired) electrons. The Morgan fingerprint density at radius 1 is 1.48 bits per heavy atom. The zero-order valence-electron chi connectivity index (χ0n) is 16.6. The van der Waals surface area contributed by atoms with Crippen molar-refractivity contribution < 1.29 is 9.90 Å². The van der Waals surface area contributed by atoms with E-state index in [1.54, 1.807) is 23.0 Å². The number of carbonyl (C=O) groups is 1. The van der Waals surface area contributed by atoms with E-state index in [2.05, 4.69) is 32.3 Å². The van der Waals surface area contributed by atoms with Gasteiger partial charge < -0.3 is 20.6 Å². The molecule has 2 fully saturated rings. The number of aromatic nitrogens is 4. The minimum absolute atomic E-state index is 0.0359. The Kier molecular flexibility index (Phi) is 4.83. The molecule has 2 aliphatic heterocycles. The van der Waals surface area contributed by atoms with Gasteiger partial charge in [-0.1, -0.05) is 18.7 Å². The summed E-state index contributed by atoms with van der Waals surface area (Å²) in [6, 6.07) is 0. The summed E-state index contributed by atoms with van der Waals surface area (Å²) >= 11 is 0. The van der Waals surface area contributed by atoms with Gasteiger partial charge in [-0.15, -0.1) is 5.10 Å². The van der Waals surface area contributed by atoms with Crippen LogP contribution in [-0.4, -0.2) is 56.3 Å². The fourth-order valence-electron chi connectivity index (χ4n) is 3.66. The highest BCUT2D eigenvalue weighted by molar-refractivity contribution is 5.93. The van der Waals surface area contributed by atoms with Crippen LogP contribution in [0.2, 0.25) is 0 Å². The molecule has 0 saturated carbocycles. The Hall–Kier alpha value is -3.20. The lowest BCUT2D eigenvalue weighted by Gasteiger charge is -2.16. The first-order chi connectivity index (χ1) is 13.9. The number of allylic oxidation sites excluding steroid dienone is 3. The van der Waals surface area contributed by atoms with Gasteiger partial charge in [-0.3, -0.25) is 4.79 Å². The van der Waals surface area contributed by atoms with E-state index < -0.39 is 5.41 Å². The molecule has 1 amide bonds. The van der Waals surface area contributed by atoms with Gasteiger partial charge in [-0.2, -0.15) is 4.98 Å². The summed E-state index contributed by atoms with van der Waals surface area (Å²) in [7, 11) is 0. The molecule has 2 aromatic rings. The molecule has 0 aliphatic carbocycles. The lowest BCUT2D eigenvalue weighted by Crippen LogP contribution is -2.25. The van der Waals surface area contributed by atoms with Crippen LogP contribution in [0.1, 0.15) is 20.3 Å². The number of nitrogens with zero attached hydrogens (tertiary/aromatic N) is 5. The number of hydrogen-bond donors (Lipinski definition) is 3. The predicted molar refractivity (Wildman–Crippen MR) is 110 cm³/mol. The monoisotopic (exact) mass is 395 g/mol. The van der Waals surface area contributed by atoms with Crippen molar-refractivity contribution in [1.29, 1.82) is 0 Å². The average molecular weight is 395 g/mol. The maximum atomic E-state index is 12.2. The van der Waals surface area contributed by atoms with Crippen molar-refractivity contribution in [2.24, 2.45) is 5.41 Å². The lowest BCUT2D eigenvalue weighted by molar-refractivity contribution is -0.124. The van der Waals surface area contributed by atoms with Gasteiger partial charge >= 0.3 is 0 Å². The van der Waals surface area contributed by atoms with Gasteiger partial charge in [0, 0.05) is 37.7 Å².